The van der Waals surface area contributed by atoms with Crippen LogP contribution in [-0.2, 0) is 10.4 Å². The van der Waals surface area contributed by atoms with Crippen molar-refractivity contribution in [1.29, 1.82) is 0 Å². The fourth-order valence-corrected chi connectivity index (χ4v) is 2.57. The zero-order valence-corrected chi connectivity index (χ0v) is 9.95. The summed E-state index contributed by atoms with van der Waals surface area (Å²) in [6.45, 7) is 0. The minimum Gasteiger partial charge on any atom is -0.479 e. The van der Waals surface area contributed by atoms with Crippen molar-refractivity contribution in [2.45, 2.75) is 11.7 Å². The molecule has 0 radical (unpaired) electrons. The monoisotopic (exact) mass is 256 g/mol. The van der Waals surface area contributed by atoms with Crippen molar-refractivity contribution in [2.75, 3.05) is 0 Å². The van der Waals surface area contributed by atoms with Gasteiger partial charge in [0.05, 0.1) is 0 Å². The van der Waals surface area contributed by atoms with Crippen molar-refractivity contribution >= 4 is 22.8 Å². The molecule has 0 amide bonds. The summed E-state index contributed by atoms with van der Waals surface area (Å²) in [4.78, 5) is 11.4. The van der Waals surface area contributed by atoms with E-state index in [0.29, 0.717) is 10.9 Å². The number of aliphatic hydroxyl groups excluding tert-OH is 1. The highest BCUT2D eigenvalue weighted by atomic mass is 16.4. The fourth-order valence-electron chi connectivity index (χ4n) is 2.57. The lowest BCUT2D eigenvalue weighted by Crippen LogP contribution is -2.47. The van der Waals surface area contributed by atoms with Crippen molar-refractivity contribution in [3.8, 4) is 0 Å². The van der Waals surface area contributed by atoms with Crippen LogP contribution in [0.25, 0.3) is 16.8 Å². The van der Waals surface area contributed by atoms with E-state index in [0.717, 1.165) is 5.39 Å². The molecule has 0 aromatic heterocycles. The number of rotatable bonds is 1. The third-order valence-corrected chi connectivity index (χ3v) is 3.55. The number of hydrogen-bond donors (Lipinski definition) is 3. The molecule has 0 spiro atoms. The maximum absolute atomic E-state index is 11.4. The van der Waals surface area contributed by atoms with Gasteiger partial charge < -0.3 is 15.3 Å². The van der Waals surface area contributed by atoms with Gasteiger partial charge >= 0.3 is 5.97 Å². The van der Waals surface area contributed by atoms with E-state index in [4.69, 9.17) is 0 Å². The number of carboxylic acids is 1. The van der Waals surface area contributed by atoms with Crippen LogP contribution in [0.1, 0.15) is 11.1 Å². The van der Waals surface area contributed by atoms with Crippen molar-refractivity contribution in [3.05, 3.63) is 53.6 Å². The lowest BCUT2D eigenvalue weighted by atomic mass is 9.78. The second-order valence-electron chi connectivity index (χ2n) is 4.63. The molecule has 4 nitrogen and oxygen atoms in total. The van der Waals surface area contributed by atoms with E-state index in [2.05, 4.69) is 0 Å². The van der Waals surface area contributed by atoms with Gasteiger partial charge in [-0.15, -0.1) is 0 Å². The molecule has 0 bridgehead atoms. The predicted octanol–water partition coefficient (Wildman–Crippen LogP) is 1.50. The van der Waals surface area contributed by atoms with Crippen molar-refractivity contribution in [2.24, 2.45) is 0 Å². The second-order valence-corrected chi connectivity index (χ2v) is 4.63. The second kappa shape index (κ2) is 3.91. The molecule has 3 N–H and O–H groups in total. The number of carbonyl (C=O) groups is 1. The summed E-state index contributed by atoms with van der Waals surface area (Å²) in [5, 5.41) is 31.1. The number of hydrogen-bond acceptors (Lipinski definition) is 3. The number of fused-ring (bicyclic) bond motifs is 3. The van der Waals surface area contributed by atoms with Crippen LogP contribution in [0, 0.1) is 0 Å². The third-order valence-electron chi connectivity index (χ3n) is 3.55. The zero-order chi connectivity index (χ0) is 13.6. The van der Waals surface area contributed by atoms with E-state index < -0.39 is 17.7 Å². The molecule has 1 aliphatic rings. The highest BCUT2D eigenvalue weighted by molar-refractivity contribution is 5.96. The lowest BCUT2D eigenvalue weighted by molar-refractivity contribution is -0.169. The van der Waals surface area contributed by atoms with Gasteiger partial charge in [0.25, 0.3) is 0 Å². The van der Waals surface area contributed by atoms with Gasteiger partial charge in [-0.05, 0) is 16.3 Å². The molecular weight excluding hydrogens is 244 g/mol. The smallest absolute Gasteiger partial charge is 0.343 e. The average molecular weight is 256 g/mol. The first kappa shape index (κ1) is 11.9. The van der Waals surface area contributed by atoms with Crippen LogP contribution in [-0.4, -0.2) is 27.4 Å². The Morgan fingerprint density at radius 1 is 1.16 bits per heavy atom. The topological polar surface area (TPSA) is 77.8 Å². The van der Waals surface area contributed by atoms with E-state index in [9.17, 15) is 20.1 Å². The molecule has 0 heterocycles. The van der Waals surface area contributed by atoms with Gasteiger partial charge in [-0.3, -0.25) is 0 Å². The number of aliphatic hydroxyl groups is 2. The minimum atomic E-state index is -2.31. The minimum absolute atomic E-state index is 0.244. The van der Waals surface area contributed by atoms with Gasteiger partial charge in [0.1, 0.15) is 6.10 Å². The van der Waals surface area contributed by atoms with Crippen LogP contribution in [0.2, 0.25) is 0 Å². The van der Waals surface area contributed by atoms with Crippen molar-refractivity contribution in [3.63, 3.8) is 0 Å². The molecule has 0 saturated heterocycles. The highest BCUT2D eigenvalue weighted by Crippen LogP contribution is 2.39. The first-order chi connectivity index (χ1) is 9.05. The SMILES string of the molecule is O=C(O)[C@]1(O)c2c(ccc3ccccc23)C=C[C@H]1O. The molecule has 0 unspecified atom stereocenters. The van der Waals surface area contributed by atoms with Crippen LogP contribution in [0.4, 0.5) is 0 Å². The highest BCUT2D eigenvalue weighted by Gasteiger charge is 2.48. The Hall–Kier alpha value is -2.17. The van der Waals surface area contributed by atoms with Crippen LogP contribution < -0.4 is 0 Å². The van der Waals surface area contributed by atoms with Crippen LogP contribution in [0.3, 0.4) is 0 Å². The van der Waals surface area contributed by atoms with Gasteiger partial charge in [-0.2, -0.15) is 0 Å². The van der Waals surface area contributed by atoms with E-state index in [-0.39, 0.29) is 5.56 Å². The molecule has 0 fully saturated rings. The maximum Gasteiger partial charge on any atom is 0.343 e. The van der Waals surface area contributed by atoms with Gasteiger partial charge in [0, 0.05) is 5.56 Å². The predicted molar refractivity (Wildman–Crippen MR) is 70.5 cm³/mol. The molecule has 2 aromatic carbocycles. The molecule has 0 saturated carbocycles. The van der Waals surface area contributed by atoms with Crippen LogP contribution >= 0.6 is 0 Å². The number of benzene rings is 2. The summed E-state index contributed by atoms with van der Waals surface area (Å²) >= 11 is 0. The van der Waals surface area contributed by atoms with Crippen LogP contribution in [0.5, 0.6) is 0 Å². The quantitative estimate of drug-likeness (QED) is 0.722. The molecule has 19 heavy (non-hydrogen) atoms. The Labute approximate surface area is 109 Å². The van der Waals surface area contributed by atoms with Gasteiger partial charge in [-0.1, -0.05) is 48.6 Å². The van der Waals surface area contributed by atoms with E-state index >= 15 is 0 Å². The molecule has 4 heteroatoms. The Balaban J connectivity index is 2.44. The first-order valence-electron chi connectivity index (χ1n) is 5.89. The Morgan fingerprint density at radius 3 is 2.63 bits per heavy atom. The number of carboxylic acid groups (broad SMARTS) is 1. The summed E-state index contributed by atoms with van der Waals surface area (Å²) in [6.07, 6.45) is 1.46. The molecule has 0 aliphatic heterocycles. The van der Waals surface area contributed by atoms with E-state index in [1.165, 1.54) is 6.08 Å². The normalized spacial score (nSPS) is 25.3. The summed E-state index contributed by atoms with van der Waals surface area (Å²) in [5.41, 5.74) is -1.47. The van der Waals surface area contributed by atoms with Gasteiger partial charge in [-0.25, -0.2) is 4.79 Å². The van der Waals surface area contributed by atoms with Crippen molar-refractivity contribution < 1.29 is 20.1 Å². The molecule has 3 rings (SSSR count). The maximum atomic E-state index is 11.4. The third kappa shape index (κ3) is 1.51. The van der Waals surface area contributed by atoms with Gasteiger partial charge in [0.15, 0.2) is 0 Å². The van der Waals surface area contributed by atoms with Crippen molar-refractivity contribution in [1.82, 2.24) is 0 Å². The summed E-state index contributed by atoms with van der Waals surface area (Å²) in [5.74, 6) is -1.46. The Bertz CT molecular complexity index is 704. The number of aliphatic carboxylic acids is 1. The average Bonchev–Trinajstić information content (AvgIpc) is 2.42. The summed E-state index contributed by atoms with van der Waals surface area (Å²) in [7, 11) is 0. The van der Waals surface area contributed by atoms with Crippen LogP contribution in [0.15, 0.2) is 42.5 Å². The Kier molecular flexibility index (Phi) is 2.45. The molecule has 2 aromatic rings. The lowest BCUT2D eigenvalue weighted by Gasteiger charge is -2.32. The largest absolute Gasteiger partial charge is 0.479 e. The zero-order valence-electron chi connectivity index (χ0n) is 9.95. The summed E-state index contributed by atoms with van der Waals surface area (Å²) in [6, 6.07) is 10.8. The Morgan fingerprint density at radius 2 is 1.89 bits per heavy atom. The molecule has 1 aliphatic carbocycles. The molecule has 96 valence electrons. The van der Waals surface area contributed by atoms with E-state index in [1.54, 1.807) is 24.3 Å². The first-order valence-corrected chi connectivity index (χ1v) is 5.89. The molecular formula is C15H12O4. The fraction of sp³-hybridized carbons (Fsp3) is 0.133. The molecule has 2 atom stereocenters. The standard InChI is InChI=1S/C15H12O4/c16-12-8-7-10-6-5-9-3-1-2-4-11(9)13(10)15(12,19)14(17)18/h1-8,12,16,19H,(H,17,18)/t12-,15-/m1/s1. The van der Waals surface area contributed by atoms with E-state index in [1.807, 2.05) is 18.2 Å². The summed E-state index contributed by atoms with van der Waals surface area (Å²) < 4.78 is 0. The van der Waals surface area contributed by atoms with Gasteiger partial charge in [0.2, 0.25) is 5.60 Å².